The summed E-state index contributed by atoms with van der Waals surface area (Å²) < 4.78 is 25.9. The predicted octanol–water partition coefficient (Wildman–Crippen LogP) is 4.24. The molecule has 1 amide bonds. The second kappa shape index (κ2) is 10.9. The van der Waals surface area contributed by atoms with Crippen LogP contribution in [0.25, 0.3) is 0 Å². The predicted molar refractivity (Wildman–Crippen MR) is 123 cm³/mol. The van der Waals surface area contributed by atoms with Crippen LogP contribution >= 0.6 is 23.4 Å². The van der Waals surface area contributed by atoms with Gasteiger partial charge in [0.1, 0.15) is 6.04 Å². The molecular formula is C21H27ClN2O3S2. The molecule has 0 aromatic heterocycles. The van der Waals surface area contributed by atoms with E-state index in [1.165, 1.54) is 15.4 Å². The molecule has 0 radical (unpaired) electrons. The Bertz CT molecular complexity index is 918. The maximum Gasteiger partial charge on any atom is 0.243 e. The molecule has 2 rings (SSSR count). The van der Waals surface area contributed by atoms with E-state index in [2.05, 4.69) is 30.4 Å². The summed E-state index contributed by atoms with van der Waals surface area (Å²) in [6.45, 7) is 4.34. The van der Waals surface area contributed by atoms with E-state index in [0.717, 1.165) is 17.8 Å². The second-order valence-corrected chi connectivity index (χ2v) is 10.2. The van der Waals surface area contributed by atoms with Crippen molar-refractivity contribution in [2.24, 2.45) is 0 Å². The molecule has 0 saturated heterocycles. The number of hydrogen-bond acceptors (Lipinski definition) is 4. The van der Waals surface area contributed by atoms with E-state index in [4.69, 9.17) is 11.6 Å². The van der Waals surface area contributed by atoms with E-state index in [1.807, 2.05) is 6.07 Å². The molecule has 29 heavy (non-hydrogen) atoms. The highest BCUT2D eigenvalue weighted by Gasteiger charge is 2.31. The first-order chi connectivity index (χ1) is 13.7. The number of hydrogen-bond donors (Lipinski definition) is 1. The Morgan fingerprint density at radius 2 is 1.90 bits per heavy atom. The summed E-state index contributed by atoms with van der Waals surface area (Å²) in [7, 11) is -3.64. The normalized spacial score (nSPS) is 12.4. The molecule has 0 aliphatic rings. The van der Waals surface area contributed by atoms with Crippen LogP contribution in [0.3, 0.4) is 0 Å². The van der Waals surface area contributed by atoms with Crippen LogP contribution in [0.15, 0.2) is 48.5 Å². The highest BCUT2D eigenvalue weighted by Crippen LogP contribution is 2.24. The van der Waals surface area contributed by atoms with Crippen molar-refractivity contribution in [3.05, 3.63) is 64.7 Å². The van der Waals surface area contributed by atoms with Crippen molar-refractivity contribution in [1.82, 2.24) is 5.32 Å². The molecule has 0 saturated carbocycles. The van der Waals surface area contributed by atoms with Gasteiger partial charge < -0.3 is 5.32 Å². The number of thioether (sulfide) groups is 1. The number of carbonyl (C=O) groups excluding carboxylic acids is 1. The monoisotopic (exact) mass is 454 g/mol. The molecular weight excluding hydrogens is 428 g/mol. The van der Waals surface area contributed by atoms with Crippen molar-refractivity contribution < 1.29 is 13.2 Å². The Morgan fingerprint density at radius 1 is 1.21 bits per heavy atom. The Balaban J connectivity index is 1.95. The van der Waals surface area contributed by atoms with Crippen LogP contribution in [-0.2, 0) is 20.6 Å². The van der Waals surface area contributed by atoms with Crippen molar-refractivity contribution in [2.45, 2.75) is 32.1 Å². The Labute approximate surface area is 182 Å². The molecule has 1 N–H and O–H groups in total. The summed E-state index contributed by atoms with van der Waals surface area (Å²) in [5.41, 5.74) is 2.90. The topological polar surface area (TPSA) is 66.5 Å². The van der Waals surface area contributed by atoms with Gasteiger partial charge in [-0.3, -0.25) is 9.10 Å². The third-order valence-corrected chi connectivity index (χ3v) is 6.77. The number of nitrogens with zero attached hydrogens (tertiary/aromatic N) is 1. The number of rotatable bonds is 10. The number of benzene rings is 2. The second-order valence-electron chi connectivity index (χ2n) is 6.79. The smallest absolute Gasteiger partial charge is 0.243 e. The molecule has 2 aromatic carbocycles. The number of carbonyl (C=O) groups is 1. The van der Waals surface area contributed by atoms with Gasteiger partial charge in [-0.25, -0.2) is 8.42 Å². The summed E-state index contributed by atoms with van der Waals surface area (Å²) in [5, 5.41) is 3.38. The zero-order chi connectivity index (χ0) is 21.4. The first-order valence-corrected chi connectivity index (χ1v) is 12.8. The lowest BCUT2D eigenvalue weighted by Crippen LogP contribution is -2.49. The highest BCUT2D eigenvalue weighted by atomic mass is 35.5. The standard InChI is InChI=1S/C21H27ClN2O3S2/c1-4-20(24(29(3,26)27)19-10-8-18(22)9-11-19)21(25)23-12-13-28-15-17-7-5-6-16(2)14-17/h5-11,14,20H,4,12-13,15H2,1-3H3,(H,23,25). The summed E-state index contributed by atoms with van der Waals surface area (Å²) >= 11 is 7.64. The maximum atomic E-state index is 12.7. The first kappa shape index (κ1) is 23.6. The van der Waals surface area contributed by atoms with Gasteiger partial charge in [0.15, 0.2) is 0 Å². The zero-order valence-corrected chi connectivity index (χ0v) is 19.3. The lowest BCUT2D eigenvalue weighted by Gasteiger charge is -2.30. The molecule has 0 bridgehead atoms. The van der Waals surface area contributed by atoms with E-state index in [0.29, 0.717) is 23.7 Å². The molecule has 5 nitrogen and oxygen atoms in total. The number of anilines is 1. The van der Waals surface area contributed by atoms with Crippen molar-refractivity contribution in [1.29, 1.82) is 0 Å². The van der Waals surface area contributed by atoms with Crippen molar-refractivity contribution in [2.75, 3.05) is 22.9 Å². The van der Waals surface area contributed by atoms with Crippen molar-refractivity contribution in [3.63, 3.8) is 0 Å². The van der Waals surface area contributed by atoms with Crippen LogP contribution in [0.5, 0.6) is 0 Å². The fourth-order valence-corrected chi connectivity index (χ4v) is 5.15. The van der Waals surface area contributed by atoms with Gasteiger partial charge in [-0.1, -0.05) is 48.4 Å². The fourth-order valence-electron chi connectivity index (χ4n) is 3.00. The molecule has 1 atom stereocenters. The van der Waals surface area contributed by atoms with E-state index >= 15 is 0 Å². The molecule has 1 unspecified atom stereocenters. The minimum absolute atomic E-state index is 0.302. The number of aryl methyl sites for hydroxylation is 1. The van der Waals surface area contributed by atoms with Gasteiger partial charge in [0.05, 0.1) is 11.9 Å². The number of nitrogens with one attached hydrogen (secondary N) is 1. The van der Waals surface area contributed by atoms with Crippen LogP contribution in [0.1, 0.15) is 24.5 Å². The van der Waals surface area contributed by atoms with Gasteiger partial charge in [0.25, 0.3) is 0 Å². The van der Waals surface area contributed by atoms with Gasteiger partial charge in [0, 0.05) is 23.1 Å². The quantitative estimate of drug-likeness (QED) is 0.545. The van der Waals surface area contributed by atoms with Gasteiger partial charge in [0.2, 0.25) is 15.9 Å². The largest absolute Gasteiger partial charge is 0.353 e. The average Bonchev–Trinajstić information content (AvgIpc) is 2.65. The molecule has 0 heterocycles. The first-order valence-electron chi connectivity index (χ1n) is 9.38. The van der Waals surface area contributed by atoms with Gasteiger partial charge in [-0.05, 0) is 43.2 Å². The van der Waals surface area contributed by atoms with E-state index < -0.39 is 16.1 Å². The van der Waals surface area contributed by atoms with Crippen LogP contribution in [-0.4, -0.2) is 38.9 Å². The van der Waals surface area contributed by atoms with E-state index in [9.17, 15) is 13.2 Å². The molecule has 0 spiro atoms. The summed E-state index contributed by atoms with van der Waals surface area (Å²) in [6.07, 6.45) is 1.47. The van der Waals surface area contributed by atoms with Crippen LogP contribution in [0.4, 0.5) is 5.69 Å². The minimum Gasteiger partial charge on any atom is -0.353 e. The minimum atomic E-state index is -3.64. The van der Waals surface area contributed by atoms with Gasteiger partial charge >= 0.3 is 0 Å². The Morgan fingerprint density at radius 3 is 2.48 bits per heavy atom. The fraction of sp³-hybridized carbons (Fsp3) is 0.381. The number of sulfonamides is 1. The molecule has 0 aliphatic heterocycles. The van der Waals surface area contributed by atoms with Gasteiger partial charge in [-0.15, -0.1) is 0 Å². The lowest BCUT2D eigenvalue weighted by atomic mass is 10.2. The molecule has 8 heteroatoms. The third kappa shape index (κ3) is 7.24. The SMILES string of the molecule is CCC(C(=O)NCCSCc1cccc(C)c1)N(c1ccc(Cl)cc1)S(C)(=O)=O. The highest BCUT2D eigenvalue weighted by molar-refractivity contribution is 7.98. The van der Waals surface area contributed by atoms with Crippen LogP contribution in [0, 0.1) is 6.92 Å². The zero-order valence-electron chi connectivity index (χ0n) is 16.9. The average molecular weight is 455 g/mol. The Kier molecular flexibility index (Phi) is 8.86. The summed E-state index contributed by atoms with van der Waals surface area (Å²) in [6, 6.07) is 14.0. The number of halogens is 1. The van der Waals surface area contributed by atoms with Crippen LogP contribution in [0.2, 0.25) is 5.02 Å². The molecule has 0 fully saturated rings. The maximum absolute atomic E-state index is 12.7. The van der Waals surface area contributed by atoms with Crippen LogP contribution < -0.4 is 9.62 Å². The van der Waals surface area contributed by atoms with Crippen molar-refractivity contribution >= 4 is 45.0 Å². The van der Waals surface area contributed by atoms with E-state index in [1.54, 1.807) is 43.0 Å². The molecule has 158 valence electrons. The Hall–Kier alpha value is -1.70. The van der Waals surface area contributed by atoms with Crippen molar-refractivity contribution in [3.8, 4) is 0 Å². The summed E-state index contributed by atoms with van der Waals surface area (Å²) in [4.78, 5) is 12.7. The van der Waals surface area contributed by atoms with E-state index in [-0.39, 0.29) is 5.91 Å². The molecule has 2 aromatic rings. The lowest BCUT2D eigenvalue weighted by molar-refractivity contribution is -0.122. The summed E-state index contributed by atoms with van der Waals surface area (Å²) in [5.74, 6) is 1.31. The van der Waals surface area contributed by atoms with Gasteiger partial charge in [-0.2, -0.15) is 11.8 Å². The number of amides is 1. The molecule has 0 aliphatic carbocycles. The third-order valence-electron chi connectivity index (χ3n) is 4.31.